The van der Waals surface area contributed by atoms with Crippen LogP contribution >= 0.6 is 23.2 Å². The van der Waals surface area contributed by atoms with Crippen molar-refractivity contribution in [2.24, 2.45) is 0 Å². The molecule has 0 saturated carbocycles. The molecule has 0 aliphatic rings. The summed E-state index contributed by atoms with van der Waals surface area (Å²) >= 11 is 12.0. The molecule has 1 N–H and O–H groups in total. The number of carbonyl (C=O) groups is 1. The predicted octanol–water partition coefficient (Wildman–Crippen LogP) is 3.81. The van der Waals surface area contributed by atoms with Crippen LogP contribution < -0.4 is 5.32 Å². The van der Waals surface area contributed by atoms with Crippen LogP contribution in [0.2, 0.25) is 10.0 Å². The van der Waals surface area contributed by atoms with Crippen LogP contribution in [-0.4, -0.2) is 20.9 Å². The molecular formula is C17H14Cl2N4O. The van der Waals surface area contributed by atoms with E-state index in [0.29, 0.717) is 22.3 Å². The largest absolute Gasteiger partial charge is 0.346 e. The van der Waals surface area contributed by atoms with E-state index in [2.05, 4.69) is 15.6 Å². The van der Waals surface area contributed by atoms with E-state index in [1.165, 1.54) is 0 Å². The number of nitrogens with zero attached hydrogens (tertiary/aromatic N) is 3. The maximum Gasteiger partial charge on any atom is 0.274 e. The summed E-state index contributed by atoms with van der Waals surface area (Å²) in [5, 5.41) is 12.1. The number of hydrogen-bond acceptors (Lipinski definition) is 3. The predicted molar refractivity (Wildman–Crippen MR) is 93.7 cm³/mol. The van der Waals surface area contributed by atoms with E-state index in [1.54, 1.807) is 29.8 Å². The van der Waals surface area contributed by atoms with E-state index in [1.807, 2.05) is 30.3 Å². The fraction of sp³-hybridized carbons (Fsp3) is 0.118. The van der Waals surface area contributed by atoms with E-state index in [-0.39, 0.29) is 11.6 Å². The lowest BCUT2D eigenvalue weighted by atomic mass is 10.2. The quantitative estimate of drug-likeness (QED) is 0.769. The number of nitrogens with one attached hydrogen (secondary N) is 1. The average Bonchev–Trinajstić information content (AvgIpc) is 2.96. The van der Waals surface area contributed by atoms with Crippen LogP contribution in [-0.2, 0) is 6.54 Å². The Balaban J connectivity index is 1.76. The highest BCUT2D eigenvalue weighted by Gasteiger charge is 2.17. The van der Waals surface area contributed by atoms with Gasteiger partial charge >= 0.3 is 0 Å². The summed E-state index contributed by atoms with van der Waals surface area (Å²) in [6.07, 6.45) is 0. The number of benzene rings is 2. The lowest BCUT2D eigenvalue weighted by molar-refractivity contribution is 0.0945. The molecule has 3 rings (SSSR count). The lowest BCUT2D eigenvalue weighted by Gasteiger charge is -2.06. The minimum absolute atomic E-state index is 0.275. The second kappa shape index (κ2) is 7.03. The fourth-order valence-electron chi connectivity index (χ4n) is 2.27. The van der Waals surface area contributed by atoms with E-state index in [9.17, 15) is 4.79 Å². The second-order valence-corrected chi connectivity index (χ2v) is 6.03. The summed E-state index contributed by atoms with van der Waals surface area (Å²) in [4.78, 5) is 12.4. The summed E-state index contributed by atoms with van der Waals surface area (Å²) in [6, 6.07) is 14.5. The van der Waals surface area contributed by atoms with Gasteiger partial charge in [0.1, 0.15) is 0 Å². The zero-order valence-electron chi connectivity index (χ0n) is 12.8. The molecule has 0 unspecified atom stereocenters. The molecule has 1 heterocycles. The second-order valence-electron chi connectivity index (χ2n) is 5.19. The standard InChI is InChI=1S/C17H14Cl2N4O/c1-11-16(17(24)20-10-12-4-2-3-5-15(12)19)21-22-23(11)14-8-6-13(18)7-9-14/h2-9H,10H2,1H3,(H,20,24). The molecule has 1 aromatic heterocycles. The Morgan fingerprint density at radius 2 is 1.83 bits per heavy atom. The van der Waals surface area contributed by atoms with Gasteiger partial charge in [0.15, 0.2) is 5.69 Å². The van der Waals surface area contributed by atoms with Gasteiger partial charge in [-0.2, -0.15) is 0 Å². The molecule has 2 aromatic carbocycles. The topological polar surface area (TPSA) is 59.8 Å². The molecule has 0 saturated heterocycles. The van der Waals surface area contributed by atoms with Gasteiger partial charge < -0.3 is 5.32 Å². The van der Waals surface area contributed by atoms with Gasteiger partial charge in [-0.1, -0.05) is 46.6 Å². The van der Waals surface area contributed by atoms with Crippen LogP contribution in [0.25, 0.3) is 5.69 Å². The van der Waals surface area contributed by atoms with Crippen molar-refractivity contribution in [2.45, 2.75) is 13.5 Å². The highest BCUT2D eigenvalue weighted by molar-refractivity contribution is 6.31. The molecule has 0 atom stereocenters. The zero-order valence-corrected chi connectivity index (χ0v) is 14.3. The highest BCUT2D eigenvalue weighted by Crippen LogP contribution is 2.17. The molecule has 0 aliphatic heterocycles. The van der Waals surface area contributed by atoms with Crippen LogP contribution in [0.15, 0.2) is 48.5 Å². The van der Waals surface area contributed by atoms with E-state index < -0.39 is 0 Å². The van der Waals surface area contributed by atoms with Gasteiger partial charge in [0, 0.05) is 16.6 Å². The van der Waals surface area contributed by atoms with Crippen molar-refractivity contribution in [1.29, 1.82) is 0 Å². The molecule has 3 aromatic rings. The van der Waals surface area contributed by atoms with Crippen molar-refractivity contribution in [3.8, 4) is 5.69 Å². The first-order valence-corrected chi connectivity index (χ1v) is 8.01. The van der Waals surface area contributed by atoms with Crippen LogP contribution in [0.5, 0.6) is 0 Å². The Morgan fingerprint density at radius 3 is 2.54 bits per heavy atom. The molecule has 24 heavy (non-hydrogen) atoms. The van der Waals surface area contributed by atoms with Crippen molar-refractivity contribution in [3.05, 3.63) is 75.5 Å². The average molecular weight is 361 g/mol. The van der Waals surface area contributed by atoms with E-state index in [4.69, 9.17) is 23.2 Å². The van der Waals surface area contributed by atoms with Gasteiger partial charge in [-0.15, -0.1) is 5.10 Å². The van der Waals surface area contributed by atoms with Gasteiger partial charge in [0.05, 0.1) is 11.4 Å². The third-order valence-electron chi connectivity index (χ3n) is 3.58. The molecule has 0 radical (unpaired) electrons. The maximum absolute atomic E-state index is 12.4. The van der Waals surface area contributed by atoms with E-state index in [0.717, 1.165) is 11.3 Å². The van der Waals surface area contributed by atoms with Crippen LogP contribution in [0, 0.1) is 6.92 Å². The summed E-state index contributed by atoms with van der Waals surface area (Å²) in [6.45, 7) is 2.12. The third-order valence-corrected chi connectivity index (χ3v) is 4.20. The molecule has 1 amide bonds. The van der Waals surface area contributed by atoms with E-state index >= 15 is 0 Å². The minimum Gasteiger partial charge on any atom is -0.346 e. The first-order chi connectivity index (χ1) is 11.6. The number of rotatable bonds is 4. The summed E-state index contributed by atoms with van der Waals surface area (Å²) in [7, 11) is 0. The SMILES string of the molecule is Cc1c(C(=O)NCc2ccccc2Cl)nnn1-c1ccc(Cl)cc1. The highest BCUT2D eigenvalue weighted by atomic mass is 35.5. The van der Waals surface area contributed by atoms with Gasteiger partial charge in [-0.05, 0) is 42.8 Å². The Hall–Kier alpha value is -2.37. The lowest BCUT2D eigenvalue weighted by Crippen LogP contribution is -2.24. The Morgan fingerprint density at radius 1 is 1.12 bits per heavy atom. The first kappa shape index (κ1) is 16.5. The number of carbonyl (C=O) groups excluding carboxylic acids is 1. The molecule has 7 heteroatoms. The first-order valence-electron chi connectivity index (χ1n) is 7.26. The molecule has 0 fully saturated rings. The number of aromatic nitrogens is 3. The smallest absolute Gasteiger partial charge is 0.274 e. The molecule has 0 spiro atoms. The van der Waals surface area contributed by atoms with Crippen molar-refractivity contribution < 1.29 is 4.79 Å². The summed E-state index contributed by atoms with van der Waals surface area (Å²) < 4.78 is 1.60. The molecule has 0 aliphatic carbocycles. The molecular weight excluding hydrogens is 347 g/mol. The van der Waals surface area contributed by atoms with Gasteiger partial charge in [-0.3, -0.25) is 4.79 Å². The van der Waals surface area contributed by atoms with Crippen molar-refractivity contribution in [1.82, 2.24) is 20.3 Å². The number of amides is 1. The summed E-state index contributed by atoms with van der Waals surface area (Å²) in [5.74, 6) is -0.298. The minimum atomic E-state index is -0.298. The van der Waals surface area contributed by atoms with Crippen LogP contribution in [0.1, 0.15) is 21.7 Å². The zero-order chi connectivity index (χ0) is 17.1. The molecule has 122 valence electrons. The number of hydrogen-bond donors (Lipinski definition) is 1. The number of halogens is 2. The van der Waals surface area contributed by atoms with Gasteiger partial charge in [0.2, 0.25) is 0 Å². The molecule has 5 nitrogen and oxygen atoms in total. The van der Waals surface area contributed by atoms with Crippen molar-refractivity contribution >= 4 is 29.1 Å². The van der Waals surface area contributed by atoms with Crippen LogP contribution in [0.3, 0.4) is 0 Å². The van der Waals surface area contributed by atoms with Gasteiger partial charge in [-0.25, -0.2) is 4.68 Å². The van der Waals surface area contributed by atoms with Crippen molar-refractivity contribution in [3.63, 3.8) is 0 Å². The van der Waals surface area contributed by atoms with Gasteiger partial charge in [0.25, 0.3) is 5.91 Å². The molecule has 0 bridgehead atoms. The van der Waals surface area contributed by atoms with Crippen molar-refractivity contribution in [2.75, 3.05) is 0 Å². The third kappa shape index (κ3) is 3.42. The maximum atomic E-state index is 12.4. The fourth-order valence-corrected chi connectivity index (χ4v) is 2.60. The van der Waals surface area contributed by atoms with Crippen LogP contribution in [0.4, 0.5) is 0 Å². The summed E-state index contributed by atoms with van der Waals surface area (Å²) in [5.41, 5.74) is 2.55. The monoisotopic (exact) mass is 360 g/mol. The normalized spacial score (nSPS) is 10.6. The Labute approximate surface area is 149 Å². The Kier molecular flexibility index (Phi) is 4.83. The Bertz CT molecular complexity index is 875.